The number of aromatic nitrogens is 2. The minimum Gasteiger partial charge on any atom is -0.464 e. The van der Waals surface area contributed by atoms with Crippen molar-refractivity contribution in [1.82, 2.24) is 14.9 Å². The first kappa shape index (κ1) is 16.0. The van der Waals surface area contributed by atoms with Crippen molar-refractivity contribution < 1.29 is 22.7 Å². The van der Waals surface area contributed by atoms with E-state index in [2.05, 4.69) is 9.97 Å². The molecule has 1 aromatic heterocycles. The smallest absolute Gasteiger partial charge is 0.433 e. The number of carbonyl (C=O) groups excluding carboxylic acids is 1. The lowest BCUT2D eigenvalue weighted by Crippen LogP contribution is -2.52. The van der Waals surface area contributed by atoms with Crippen LogP contribution in [0.5, 0.6) is 0 Å². The molecule has 0 amide bonds. The number of hydrogen-bond acceptors (Lipinski definition) is 6. The number of ether oxygens (including phenoxy) is 1. The molecule has 1 aromatic rings. The van der Waals surface area contributed by atoms with Gasteiger partial charge in [0.25, 0.3) is 0 Å². The number of rotatable bonds is 2. The summed E-state index contributed by atoms with van der Waals surface area (Å²) >= 11 is 0. The van der Waals surface area contributed by atoms with Gasteiger partial charge in [-0.1, -0.05) is 0 Å². The van der Waals surface area contributed by atoms with Crippen molar-refractivity contribution in [2.24, 2.45) is 0 Å². The van der Waals surface area contributed by atoms with Crippen molar-refractivity contribution >= 4 is 11.9 Å². The van der Waals surface area contributed by atoms with Gasteiger partial charge < -0.3 is 9.64 Å². The number of carbonyl (C=O) groups is 1. The number of hydrogen-bond donors (Lipinski definition) is 0. The number of halogens is 3. The van der Waals surface area contributed by atoms with Gasteiger partial charge in [0.2, 0.25) is 5.95 Å². The zero-order chi connectivity index (χ0) is 16.6. The summed E-state index contributed by atoms with van der Waals surface area (Å²) in [6.45, 7) is 4.04. The Bertz CT molecular complexity index is 600. The first-order valence-electron chi connectivity index (χ1n) is 7.43. The van der Waals surface area contributed by atoms with Crippen molar-refractivity contribution in [3.63, 3.8) is 0 Å². The van der Waals surface area contributed by atoms with Gasteiger partial charge in [0.1, 0.15) is 11.7 Å². The van der Waals surface area contributed by atoms with E-state index >= 15 is 0 Å². The normalized spacial score (nSPS) is 23.2. The van der Waals surface area contributed by atoms with E-state index in [1.807, 2.05) is 4.90 Å². The van der Waals surface area contributed by atoms with Gasteiger partial charge >= 0.3 is 12.1 Å². The largest absolute Gasteiger partial charge is 0.464 e. The predicted octanol–water partition coefficient (Wildman–Crippen LogP) is 1.24. The Morgan fingerprint density at radius 1 is 1.22 bits per heavy atom. The number of esters is 1. The highest BCUT2D eigenvalue weighted by atomic mass is 19.4. The molecule has 0 aliphatic carbocycles. The van der Waals surface area contributed by atoms with Crippen LogP contribution >= 0.6 is 0 Å². The number of aryl methyl sites for hydroxylation is 1. The molecule has 0 N–H and O–H groups in total. The average Bonchev–Trinajstić information content (AvgIpc) is 2.92. The van der Waals surface area contributed by atoms with E-state index in [4.69, 9.17) is 4.74 Å². The molecular weight excluding hydrogens is 313 g/mol. The topological polar surface area (TPSA) is 58.6 Å². The summed E-state index contributed by atoms with van der Waals surface area (Å²) in [6.07, 6.45) is -3.82. The maximum atomic E-state index is 12.9. The lowest BCUT2D eigenvalue weighted by atomic mass is 10.2. The molecule has 0 bridgehead atoms. The van der Waals surface area contributed by atoms with E-state index in [1.54, 1.807) is 4.90 Å². The van der Waals surface area contributed by atoms with Crippen LogP contribution in [0.4, 0.5) is 19.1 Å². The SMILES string of the molecule is Cc1cc(C(F)(F)F)nc(N2CCN(C3CCOC3=O)CC2)n1. The lowest BCUT2D eigenvalue weighted by Gasteiger charge is -2.36. The fourth-order valence-corrected chi connectivity index (χ4v) is 2.89. The second-order valence-corrected chi connectivity index (χ2v) is 5.69. The van der Waals surface area contributed by atoms with Crippen LogP contribution in [-0.4, -0.2) is 59.7 Å². The van der Waals surface area contributed by atoms with Crippen LogP contribution in [0.2, 0.25) is 0 Å². The fourth-order valence-electron chi connectivity index (χ4n) is 2.89. The Hall–Kier alpha value is -1.90. The van der Waals surface area contributed by atoms with E-state index < -0.39 is 11.9 Å². The van der Waals surface area contributed by atoms with Crippen LogP contribution in [0.3, 0.4) is 0 Å². The van der Waals surface area contributed by atoms with E-state index in [-0.39, 0.29) is 23.7 Å². The third-order valence-corrected chi connectivity index (χ3v) is 4.08. The minimum absolute atomic E-state index is 0.0889. The number of nitrogens with zero attached hydrogens (tertiary/aromatic N) is 4. The molecule has 126 valence electrons. The Labute approximate surface area is 131 Å². The van der Waals surface area contributed by atoms with E-state index in [0.29, 0.717) is 39.2 Å². The van der Waals surface area contributed by atoms with E-state index in [1.165, 1.54) is 6.92 Å². The maximum absolute atomic E-state index is 12.9. The summed E-state index contributed by atoms with van der Waals surface area (Å²) in [5.74, 6) is -0.129. The molecule has 1 atom stereocenters. The highest BCUT2D eigenvalue weighted by Gasteiger charge is 2.36. The molecule has 2 saturated heterocycles. The van der Waals surface area contributed by atoms with Gasteiger partial charge in [0.15, 0.2) is 0 Å². The van der Waals surface area contributed by atoms with Crippen LogP contribution in [0.1, 0.15) is 17.8 Å². The number of alkyl halides is 3. The van der Waals surface area contributed by atoms with Gasteiger partial charge in [-0.15, -0.1) is 0 Å². The molecule has 1 unspecified atom stereocenters. The zero-order valence-electron chi connectivity index (χ0n) is 12.6. The molecule has 0 aromatic carbocycles. The molecular formula is C14H17F3N4O2. The number of anilines is 1. The van der Waals surface area contributed by atoms with E-state index in [0.717, 1.165) is 6.07 Å². The molecule has 0 spiro atoms. The predicted molar refractivity (Wildman–Crippen MR) is 74.9 cm³/mol. The van der Waals surface area contributed by atoms with Crippen LogP contribution in [0, 0.1) is 6.92 Å². The number of cyclic esters (lactones) is 1. The monoisotopic (exact) mass is 330 g/mol. The first-order valence-corrected chi connectivity index (χ1v) is 7.43. The molecule has 9 heteroatoms. The molecule has 3 heterocycles. The molecule has 2 aliphatic rings. The Morgan fingerprint density at radius 3 is 2.48 bits per heavy atom. The standard InChI is InChI=1S/C14H17F3N4O2/c1-9-8-11(14(15,16)17)19-13(18-9)21-5-3-20(4-6-21)10-2-7-23-12(10)22/h8,10H,2-7H2,1H3. The van der Waals surface area contributed by atoms with Gasteiger partial charge in [-0.25, -0.2) is 9.97 Å². The third kappa shape index (κ3) is 3.39. The number of piperazine rings is 1. The van der Waals surface area contributed by atoms with E-state index in [9.17, 15) is 18.0 Å². The minimum atomic E-state index is -4.49. The molecule has 23 heavy (non-hydrogen) atoms. The highest BCUT2D eigenvalue weighted by Crippen LogP contribution is 2.29. The second kappa shape index (κ2) is 5.95. The first-order chi connectivity index (χ1) is 10.8. The van der Waals surface area contributed by atoms with Crippen molar-refractivity contribution in [2.75, 3.05) is 37.7 Å². The second-order valence-electron chi connectivity index (χ2n) is 5.69. The van der Waals surface area contributed by atoms with Crippen LogP contribution in [-0.2, 0) is 15.7 Å². The molecule has 0 saturated carbocycles. The maximum Gasteiger partial charge on any atom is 0.433 e. The van der Waals surface area contributed by atoms with Crippen molar-refractivity contribution in [3.8, 4) is 0 Å². The molecule has 3 rings (SSSR count). The summed E-state index contributed by atoms with van der Waals surface area (Å²) < 4.78 is 43.5. The van der Waals surface area contributed by atoms with Crippen LogP contribution < -0.4 is 4.90 Å². The molecule has 0 radical (unpaired) electrons. The summed E-state index contributed by atoms with van der Waals surface area (Å²) in [5, 5.41) is 0. The van der Waals surface area contributed by atoms with Gasteiger partial charge in [-0.05, 0) is 13.0 Å². The van der Waals surface area contributed by atoms with Crippen LogP contribution in [0.25, 0.3) is 0 Å². The van der Waals surface area contributed by atoms with Crippen molar-refractivity contribution in [1.29, 1.82) is 0 Å². The summed E-state index contributed by atoms with van der Waals surface area (Å²) in [5.41, 5.74) is -0.647. The zero-order valence-corrected chi connectivity index (χ0v) is 12.6. The van der Waals surface area contributed by atoms with Crippen LogP contribution in [0.15, 0.2) is 6.07 Å². The third-order valence-electron chi connectivity index (χ3n) is 4.08. The van der Waals surface area contributed by atoms with Gasteiger partial charge in [-0.3, -0.25) is 9.69 Å². The molecule has 2 aliphatic heterocycles. The molecule has 6 nitrogen and oxygen atoms in total. The summed E-state index contributed by atoms with van der Waals surface area (Å²) in [7, 11) is 0. The average molecular weight is 330 g/mol. The Balaban J connectivity index is 1.70. The summed E-state index contributed by atoms with van der Waals surface area (Å²) in [6, 6.07) is 0.704. The van der Waals surface area contributed by atoms with Gasteiger partial charge in [0, 0.05) is 38.3 Å². The summed E-state index contributed by atoms with van der Waals surface area (Å²) in [4.78, 5) is 23.1. The molecule has 2 fully saturated rings. The Morgan fingerprint density at radius 2 is 1.91 bits per heavy atom. The van der Waals surface area contributed by atoms with Gasteiger partial charge in [0.05, 0.1) is 6.61 Å². The quantitative estimate of drug-likeness (QED) is 0.761. The van der Waals surface area contributed by atoms with Crippen molar-refractivity contribution in [3.05, 3.63) is 17.5 Å². The van der Waals surface area contributed by atoms with Crippen molar-refractivity contribution in [2.45, 2.75) is 25.6 Å². The fraction of sp³-hybridized carbons (Fsp3) is 0.643. The Kier molecular flexibility index (Phi) is 4.13. The lowest BCUT2D eigenvalue weighted by molar-refractivity contribution is -0.143. The van der Waals surface area contributed by atoms with Gasteiger partial charge in [-0.2, -0.15) is 13.2 Å². The highest BCUT2D eigenvalue weighted by molar-refractivity contribution is 5.77.